The monoisotopic (exact) mass is 340 g/mol. The fraction of sp³-hybridized carbons (Fsp3) is 0.333. The molecule has 0 amide bonds. The average molecular weight is 340 g/mol. The summed E-state index contributed by atoms with van der Waals surface area (Å²) in [6.07, 6.45) is 1.06. The van der Waals surface area contributed by atoms with E-state index in [-0.39, 0.29) is 18.4 Å². The van der Waals surface area contributed by atoms with E-state index in [1.165, 1.54) is 0 Å². The predicted molar refractivity (Wildman–Crippen MR) is 96.8 cm³/mol. The molecule has 2 rings (SSSR count). The Morgan fingerprint density at radius 2 is 1.68 bits per heavy atom. The smallest absolute Gasteiger partial charge is 0.316 e. The Hall–Kier alpha value is -2.46. The number of carbonyl (C=O) groups excluding carboxylic acids is 2. The van der Waals surface area contributed by atoms with Crippen LogP contribution in [0.2, 0.25) is 0 Å². The van der Waals surface area contributed by atoms with Crippen molar-refractivity contribution in [3.05, 3.63) is 65.2 Å². The van der Waals surface area contributed by atoms with E-state index in [0.717, 1.165) is 5.56 Å². The lowest BCUT2D eigenvalue weighted by Crippen LogP contribution is -2.26. The van der Waals surface area contributed by atoms with Gasteiger partial charge in [-0.05, 0) is 57.4 Å². The van der Waals surface area contributed by atoms with Gasteiger partial charge in [-0.25, -0.2) is 0 Å². The zero-order valence-electron chi connectivity index (χ0n) is 14.9. The van der Waals surface area contributed by atoms with Gasteiger partial charge in [0.05, 0.1) is 5.41 Å². The number of ketones is 1. The fourth-order valence-electron chi connectivity index (χ4n) is 2.29. The van der Waals surface area contributed by atoms with Gasteiger partial charge in [0.25, 0.3) is 0 Å². The molecule has 0 saturated heterocycles. The second-order valence-corrected chi connectivity index (χ2v) is 6.98. The van der Waals surface area contributed by atoms with Gasteiger partial charge in [-0.3, -0.25) is 9.59 Å². The van der Waals surface area contributed by atoms with Crippen molar-refractivity contribution in [1.29, 1.82) is 0 Å². The molecule has 4 heteroatoms. The minimum atomic E-state index is -0.618. The Labute approximate surface area is 148 Å². The van der Waals surface area contributed by atoms with E-state index in [9.17, 15) is 9.59 Å². The highest BCUT2D eigenvalue weighted by Crippen LogP contribution is 2.26. The molecule has 0 fully saturated rings. The van der Waals surface area contributed by atoms with Gasteiger partial charge in [0, 0.05) is 17.7 Å². The maximum Gasteiger partial charge on any atom is 0.316 e. The summed E-state index contributed by atoms with van der Waals surface area (Å²) in [6.45, 7) is 5.39. The molecular formula is C21H24O4. The van der Waals surface area contributed by atoms with Crippen molar-refractivity contribution in [2.24, 2.45) is 5.41 Å². The summed E-state index contributed by atoms with van der Waals surface area (Å²) in [5.41, 5.74) is 1.27. The van der Waals surface area contributed by atoms with Crippen LogP contribution in [0.15, 0.2) is 48.5 Å². The maximum atomic E-state index is 12.6. The van der Waals surface area contributed by atoms with Crippen LogP contribution in [0.25, 0.3) is 0 Å². The molecule has 4 nitrogen and oxygen atoms in total. The summed E-state index contributed by atoms with van der Waals surface area (Å²) in [5, 5.41) is 9.11. The number of hydrogen-bond donors (Lipinski definition) is 1. The molecule has 0 atom stereocenters. The van der Waals surface area contributed by atoms with Crippen molar-refractivity contribution in [3.8, 4) is 5.75 Å². The molecule has 0 radical (unpaired) electrons. The Kier molecular flexibility index (Phi) is 6.10. The summed E-state index contributed by atoms with van der Waals surface area (Å²) in [5.74, 6) is 0.0254. The van der Waals surface area contributed by atoms with E-state index >= 15 is 0 Å². The summed E-state index contributed by atoms with van der Waals surface area (Å²) in [4.78, 5) is 24.8. The largest absolute Gasteiger partial charge is 0.426 e. The van der Waals surface area contributed by atoms with Crippen molar-refractivity contribution in [2.45, 2.75) is 33.6 Å². The zero-order chi connectivity index (χ0) is 18.4. The van der Waals surface area contributed by atoms with Crippen LogP contribution in [0, 0.1) is 5.41 Å². The molecule has 25 heavy (non-hydrogen) atoms. The molecule has 0 heterocycles. The van der Waals surface area contributed by atoms with Crippen molar-refractivity contribution in [3.63, 3.8) is 0 Å². The first-order valence-electron chi connectivity index (χ1n) is 8.38. The minimum Gasteiger partial charge on any atom is -0.426 e. The first-order valence-corrected chi connectivity index (χ1v) is 8.38. The lowest BCUT2D eigenvalue weighted by Gasteiger charge is -2.18. The zero-order valence-corrected chi connectivity index (χ0v) is 14.9. The molecule has 132 valence electrons. The van der Waals surface area contributed by atoms with Crippen LogP contribution in [-0.2, 0) is 11.2 Å². The van der Waals surface area contributed by atoms with Crippen molar-refractivity contribution in [1.82, 2.24) is 0 Å². The standard InChI is InChI=1S/C21H24O4/c1-21(2,3)20(24)25-18-12-11-17(14-16(18)10-7-13-22)19(23)15-8-5-4-6-9-15/h4-6,8-9,11-12,14,22H,7,10,13H2,1-3H3. The lowest BCUT2D eigenvalue weighted by molar-refractivity contribution is -0.143. The van der Waals surface area contributed by atoms with Crippen LogP contribution in [-0.4, -0.2) is 23.5 Å². The van der Waals surface area contributed by atoms with E-state index in [0.29, 0.717) is 29.7 Å². The fourth-order valence-corrected chi connectivity index (χ4v) is 2.29. The number of rotatable bonds is 6. The Morgan fingerprint density at radius 1 is 1.00 bits per heavy atom. The second kappa shape index (κ2) is 8.08. The quantitative estimate of drug-likeness (QED) is 0.494. The van der Waals surface area contributed by atoms with Crippen LogP contribution >= 0.6 is 0 Å². The van der Waals surface area contributed by atoms with Gasteiger partial charge in [0.2, 0.25) is 0 Å². The summed E-state index contributed by atoms with van der Waals surface area (Å²) < 4.78 is 5.52. The highest BCUT2D eigenvalue weighted by molar-refractivity contribution is 6.09. The Balaban J connectivity index is 2.33. The number of carbonyl (C=O) groups is 2. The highest BCUT2D eigenvalue weighted by atomic mass is 16.5. The van der Waals surface area contributed by atoms with Gasteiger partial charge in [-0.2, -0.15) is 0 Å². The molecular weight excluding hydrogens is 316 g/mol. The van der Waals surface area contributed by atoms with Crippen molar-refractivity contribution in [2.75, 3.05) is 6.61 Å². The van der Waals surface area contributed by atoms with Crippen LogP contribution in [0.1, 0.15) is 48.7 Å². The van der Waals surface area contributed by atoms with Crippen molar-refractivity contribution >= 4 is 11.8 Å². The first-order chi connectivity index (χ1) is 11.8. The highest BCUT2D eigenvalue weighted by Gasteiger charge is 2.25. The van der Waals surface area contributed by atoms with Crippen LogP contribution in [0.4, 0.5) is 0 Å². The third-order valence-electron chi connectivity index (χ3n) is 3.78. The minimum absolute atomic E-state index is 0.0313. The maximum absolute atomic E-state index is 12.6. The van der Waals surface area contributed by atoms with Gasteiger partial charge < -0.3 is 9.84 Å². The normalized spacial score (nSPS) is 11.2. The Bertz CT molecular complexity index is 742. The van der Waals surface area contributed by atoms with Crippen LogP contribution < -0.4 is 4.74 Å². The summed E-state index contributed by atoms with van der Waals surface area (Å²) in [7, 11) is 0. The third-order valence-corrected chi connectivity index (χ3v) is 3.78. The molecule has 2 aromatic rings. The average Bonchev–Trinajstić information content (AvgIpc) is 2.60. The third kappa shape index (κ3) is 5.00. The molecule has 0 aliphatic carbocycles. The van der Waals surface area contributed by atoms with Gasteiger partial charge >= 0.3 is 5.97 Å². The number of esters is 1. The number of benzene rings is 2. The first kappa shape index (κ1) is 18.9. The topological polar surface area (TPSA) is 63.6 Å². The number of ether oxygens (including phenoxy) is 1. The number of aliphatic hydroxyl groups excluding tert-OH is 1. The summed E-state index contributed by atoms with van der Waals surface area (Å²) >= 11 is 0. The van der Waals surface area contributed by atoms with Gasteiger partial charge in [0.1, 0.15) is 5.75 Å². The van der Waals surface area contributed by atoms with Gasteiger partial charge in [-0.1, -0.05) is 30.3 Å². The Morgan fingerprint density at radius 3 is 2.28 bits per heavy atom. The molecule has 0 aliphatic heterocycles. The van der Waals surface area contributed by atoms with E-state index in [1.54, 1.807) is 51.1 Å². The molecule has 0 aliphatic rings. The van der Waals surface area contributed by atoms with E-state index in [2.05, 4.69) is 0 Å². The molecule has 0 aromatic heterocycles. The SMILES string of the molecule is CC(C)(C)C(=O)Oc1ccc(C(=O)c2ccccc2)cc1CCCO. The van der Waals surface area contributed by atoms with E-state index < -0.39 is 5.41 Å². The number of aryl methyl sites for hydroxylation is 1. The molecule has 0 spiro atoms. The summed E-state index contributed by atoms with van der Waals surface area (Å²) in [6, 6.07) is 14.1. The molecule has 1 N–H and O–H groups in total. The molecule has 0 bridgehead atoms. The molecule has 0 saturated carbocycles. The predicted octanol–water partition coefficient (Wildman–Crippen LogP) is 3.79. The van der Waals surface area contributed by atoms with Crippen LogP contribution in [0.3, 0.4) is 0 Å². The molecule has 2 aromatic carbocycles. The lowest BCUT2D eigenvalue weighted by atomic mass is 9.96. The second-order valence-electron chi connectivity index (χ2n) is 6.98. The molecule has 0 unspecified atom stereocenters. The van der Waals surface area contributed by atoms with Gasteiger partial charge in [0.15, 0.2) is 5.78 Å². The van der Waals surface area contributed by atoms with Crippen LogP contribution in [0.5, 0.6) is 5.75 Å². The number of aliphatic hydroxyl groups is 1. The van der Waals surface area contributed by atoms with Gasteiger partial charge in [-0.15, -0.1) is 0 Å². The van der Waals surface area contributed by atoms with Crippen molar-refractivity contribution < 1.29 is 19.4 Å². The van der Waals surface area contributed by atoms with E-state index in [4.69, 9.17) is 9.84 Å². The number of hydrogen-bond acceptors (Lipinski definition) is 4. The van der Waals surface area contributed by atoms with E-state index in [1.807, 2.05) is 18.2 Å².